The van der Waals surface area contributed by atoms with E-state index in [0.29, 0.717) is 5.31 Å². The van der Waals surface area contributed by atoms with Crippen molar-refractivity contribution in [3.05, 3.63) is 0 Å². The molecular weight excluding hydrogens is 178 g/mol. The Morgan fingerprint density at radius 1 is 1.46 bits per heavy atom. The smallest absolute Gasteiger partial charge is 0.207 e. The van der Waals surface area contributed by atoms with E-state index in [9.17, 15) is 15.0 Å². The lowest BCUT2D eigenvalue weighted by molar-refractivity contribution is -0.252. The van der Waals surface area contributed by atoms with Crippen molar-refractivity contribution >= 4 is 6.41 Å². The Bertz CT molecular complexity index is 216. The molecule has 1 unspecified atom stereocenters. The molecule has 1 rings (SSSR count). The van der Waals surface area contributed by atoms with E-state index >= 15 is 0 Å². The van der Waals surface area contributed by atoms with Crippen LogP contribution in [-0.4, -0.2) is 52.4 Å². The highest BCUT2D eigenvalue weighted by atomic mass is 16.6. The molecule has 0 aromatic heterocycles. The van der Waals surface area contributed by atoms with Crippen molar-refractivity contribution in [1.29, 1.82) is 0 Å². The van der Waals surface area contributed by atoms with Crippen LogP contribution in [0.2, 0.25) is 1.41 Å². The first-order chi connectivity index (χ1) is 6.49. The summed E-state index contributed by atoms with van der Waals surface area (Å²) in [5.41, 5.74) is 0. The highest BCUT2D eigenvalue weighted by molar-refractivity contribution is 5.47. The molecule has 0 bridgehead atoms. The number of amides is 1. The summed E-state index contributed by atoms with van der Waals surface area (Å²) >= 11 is 0. The van der Waals surface area contributed by atoms with Crippen LogP contribution in [0.15, 0.2) is 0 Å². The standard InChI is InChI=1S/C7H13NO5/c1-3-4(8-2-9)5(10)6(11)7(12)13-3/h2-7,10-12H,1H3,(H,8,9)/t3-,4-,5+,6+,7?/m1/s1/i/hD. The van der Waals surface area contributed by atoms with Crippen LogP contribution in [0, 0.1) is 0 Å². The van der Waals surface area contributed by atoms with Crippen molar-refractivity contribution in [2.24, 2.45) is 0 Å². The van der Waals surface area contributed by atoms with E-state index in [4.69, 9.17) is 11.3 Å². The summed E-state index contributed by atoms with van der Waals surface area (Å²) in [6.07, 6.45) is -4.90. The Kier molecular flexibility index (Phi) is 2.74. The van der Waals surface area contributed by atoms with Crippen molar-refractivity contribution in [2.75, 3.05) is 0 Å². The van der Waals surface area contributed by atoms with Gasteiger partial charge in [0.05, 0.1) is 12.1 Å². The fourth-order valence-electron chi connectivity index (χ4n) is 1.31. The summed E-state index contributed by atoms with van der Waals surface area (Å²) in [4.78, 5) is 10.3. The minimum atomic E-state index is -1.51. The van der Waals surface area contributed by atoms with Gasteiger partial charge >= 0.3 is 0 Å². The van der Waals surface area contributed by atoms with Crippen LogP contribution < -0.4 is 5.31 Å². The normalized spacial score (nSPS) is 46.8. The lowest BCUT2D eigenvalue weighted by Gasteiger charge is -2.39. The van der Waals surface area contributed by atoms with Crippen LogP contribution in [0.25, 0.3) is 0 Å². The van der Waals surface area contributed by atoms with Crippen molar-refractivity contribution in [3.63, 3.8) is 0 Å². The van der Waals surface area contributed by atoms with Gasteiger partial charge in [-0.2, -0.15) is 0 Å². The van der Waals surface area contributed by atoms with Crippen molar-refractivity contribution in [3.8, 4) is 0 Å². The van der Waals surface area contributed by atoms with E-state index < -0.39 is 30.6 Å². The fraction of sp³-hybridized carbons (Fsp3) is 0.857. The summed E-state index contributed by atoms with van der Waals surface area (Å²) in [7, 11) is 0. The van der Waals surface area contributed by atoms with Gasteiger partial charge in [0, 0.05) is 0 Å². The third-order valence-electron chi connectivity index (χ3n) is 2.06. The molecule has 0 saturated carbocycles. The van der Waals surface area contributed by atoms with Crippen LogP contribution >= 0.6 is 0 Å². The van der Waals surface area contributed by atoms with E-state index in [1.54, 1.807) is 0 Å². The fourth-order valence-corrected chi connectivity index (χ4v) is 1.31. The molecule has 6 nitrogen and oxygen atoms in total. The molecule has 4 N–H and O–H groups in total. The third-order valence-corrected chi connectivity index (χ3v) is 2.06. The summed E-state index contributed by atoms with van der Waals surface area (Å²) in [6.45, 7) is 1.49. The maximum Gasteiger partial charge on any atom is 0.207 e. The van der Waals surface area contributed by atoms with Gasteiger partial charge in [-0.1, -0.05) is 0 Å². The summed E-state index contributed by atoms with van der Waals surface area (Å²) < 4.78 is 12.0. The van der Waals surface area contributed by atoms with Crippen LogP contribution in [0.4, 0.5) is 0 Å². The molecule has 0 radical (unpaired) electrons. The molecule has 1 amide bonds. The summed E-state index contributed by atoms with van der Waals surface area (Å²) in [5.74, 6) is 0. The van der Waals surface area contributed by atoms with Gasteiger partial charge < -0.3 is 25.4 Å². The average Bonchev–Trinajstić information content (AvgIpc) is 2.14. The van der Waals surface area contributed by atoms with Gasteiger partial charge in [-0.25, -0.2) is 0 Å². The molecule has 5 atom stereocenters. The van der Waals surface area contributed by atoms with Gasteiger partial charge in [0.25, 0.3) is 0 Å². The second-order valence-electron chi connectivity index (χ2n) is 2.96. The quantitative estimate of drug-likeness (QED) is 0.364. The zero-order chi connectivity index (χ0) is 10.9. The number of aliphatic hydroxyl groups excluding tert-OH is 3. The molecule has 0 aliphatic carbocycles. The number of carbonyl (C=O) groups is 1. The number of rotatable bonds is 2. The van der Waals surface area contributed by atoms with E-state index in [1.165, 1.54) is 6.92 Å². The minimum absolute atomic E-state index is 0.207. The summed E-state index contributed by atoms with van der Waals surface area (Å²) in [6, 6.07) is -0.981. The number of aliphatic hydroxyl groups is 3. The minimum Gasteiger partial charge on any atom is -0.388 e. The van der Waals surface area contributed by atoms with Gasteiger partial charge in [0.15, 0.2) is 7.70 Å². The number of ether oxygens (including phenoxy) is 1. The first-order valence-electron chi connectivity index (χ1n) is 4.36. The Morgan fingerprint density at radius 3 is 2.62 bits per heavy atom. The van der Waals surface area contributed by atoms with Crippen LogP contribution in [0.5, 0.6) is 0 Å². The molecule has 0 aromatic rings. The van der Waals surface area contributed by atoms with Crippen LogP contribution in [0.3, 0.4) is 0 Å². The Labute approximate surface area is 76.6 Å². The molecule has 6 heteroatoms. The zero-order valence-corrected chi connectivity index (χ0v) is 7.07. The van der Waals surface area contributed by atoms with Crippen molar-refractivity contribution in [1.82, 2.24) is 5.31 Å². The van der Waals surface area contributed by atoms with Gasteiger partial charge in [0.1, 0.15) is 12.2 Å². The largest absolute Gasteiger partial charge is 0.388 e. The van der Waals surface area contributed by atoms with E-state index in [2.05, 4.69) is 0 Å². The van der Waals surface area contributed by atoms with E-state index in [-0.39, 0.29) is 6.41 Å². The Hall–Kier alpha value is -0.690. The molecule has 1 heterocycles. The molecule has 0 aromatic carbocycles. The molecule has 13 heavy (non-hydrogen) atoms. The molecule has 1 aliphatic heterocycles. The van der Waals surface area contributed by atoms with Gasteiger partial charge in [0.2, 0.25) is 6.41 Å². The van der Waals surface area contributed by atoms with Crippen molar-refractivity contribution in [2.45, 2.75) is 37.6 Å². The van der Waals surface area contributed by atoms with Gasteiger partial charge in [-0.3, -0.25) is 4.79 Å². The maximum atomic E-state index is 10.3. The highest BCUT2D eigenvalue weighted by Gasteiger charge is 2.41. The summed E-state index contributed by atoms with van der Waals surface area (Å²) in [5, 5.41) is 28.3. The number of hydrogen-bond acceptors (Lipinski definition) is 5. The third kappa shape index (κ3) is 1.97. The van der Waals surface area contributed by atoms with E-state index in [0.717, 1.165) is 0 Å². The SMILES string of the molecule is [2H]N(C=O)[C@H]1[C@H](O)[C@H](O)C(O)O[C@@H]1C. The second kappa shape index (κ2) is 4.01. The van der Waals surface area contributed by atoms with Gasteiger partial charge in [-0.15, -0.1) is 0 Å². The Balaban J connectivity index is 2.78. The van der Waals surface area contributed by atoms with Gasteiger partial charge in [-0.05, 0) is 6.92 Å². The number of hydrogen-bond donors (Lipinski definition) is 4. The molecule has 0 spiro atoms. The van der Waals surface area contributed by atoms with Crippen LogP contribution in [0.1, 0.15) is 6.92 Å². The first kappa shape index (κ1) is 8.89. The predicted molar refractivity (Wildman–Crippen MR) is 41.6 cm³/mol. The molecule has 76 valence electrons. The predicted octanol–water partition coefficient (Wildman–Crippen LogP) is -2.44. The Morgan fingerprint density at radius 2 is 2.08 bits per heavy atom. The lowest BCUT2D eigenvalue weighted by atomic mass is 9.97. The second-order valence-corrected chi connectivity index (χ2v) is 2.96. The number of carbonyl (C=O) groups excluding carboxylic acids is 1. The molecule has 1 saturated heterocycles. The first-order valence-corrected chi connectivity index (χ1v) is 3.91. The number of nitrogens with one attached hydrogen (secondary N) is 1. The zero-order valence-electron chi connectivity index (χ0n) is 8.07. The lowest BCUT2D eigenvalue weighted by Crippen LogP contribution is -2.61. The molecular formula is C7H13NO5. The topological polar surface area (TPSA) is 99.0 Å². The average molecular weight is 192 g/mol. The maximum absolute atomic E-state index is 10.3. The van der Waals surface area contributed by atoms with E-state index in [1.807, 2.05) is 0 Å². The molecule has 1 fully saturated rings. The molecule has 1 aliphatic rings. The monoisotopic (exact) mass is 192 g/mol. The van der Waals surface area contributed by atoms with Crippen LogP contribution in [-0.2, 0) is 9.53 Å². The highest BCUT2D eigenvalue weighted by Crippen LogP contribution is 2.18. The van der Waals surface area contributed by atoms with Crippen molar-refractivity contribution < 1.29 is 26.3 Å².